The first kappa shape index (κ1) is 10.8. The smallest absolute Gasteiger partial charge is 0.195 e. The molecule has 0 saturated heterocycles. The van der Waals surface area contributed by atoms with Gasteiger partial charge < -0.3 is 4.52 Å². The molecule has 1 N–H and O–H groups in total. The van der Waals surface area contributed by atoms with Crippen molar-refractivity contribution < 1.29 is 4.52 Å². The highest BCUT2D eigenvalue weighted by Gasteiger charge is 2.10. The van der Waals surface area contributed by atoms with Gasteiger partial charge in [-0.25, -0.2) is 0 Å². The van der Waals surface area contributed by atoms with Crippen LogP contribution in [0.4, 0.5) is 0 Å². The number of aromatic amines is 1. The molecule has 0 bridgehead atoms. The van der Waals surface area contributed by atoms with Gasteiger partial charge in [0, 0.05) is 24.0 Å². The van der Waals surface area contributed by atoms with Crippen LogP contribution in [0.2, 0.25) is 0 Å². The molecule has 3 aromatic rings. The van der Waals surface area contributed by atoms with Crippen molar-refractivity contribution in [2.24, 2.45) is 0 Å². The number of nitrogens with one attached hydrogen (secondary N) is 1. The summed E-state index contributed by atoms with van der Waals surface area (Å²) in [5, 5.41) is 10.7. The highest BCUT2D eigenvalue weighted by atomic mass is 32.1. The van der Waals surface area contributed by atoms with Gasteiger partial charge in [0.15, 0.2) is 16.4 Å². The van der Waals surface area contributed by atoms with Crippen LogP contribution >= 0.6 is 12.2 Å². The Kier molecular flexibility index (Phi) is 2.73. The molecular weight excluding hydrogens is 250 g/mol. The molecule has 90 valence electrons. The number of nitrogens with zero attached hydrogens (tertiary/aromatic N) is 4. The maximum Gasteiger partial charge on any atom is 0.195 e. The number of hydrogen-bond donors (Lipinski definition) is 1. The molecule has 3 heterocycles. The Morgan fingerprint density at radius 1 is 1.22 bits per heavy atom. The van der Waals surface area contributed by atoms with Gasteiger partial charge in [0.1, 0.15) is 0 Å². The Labute approximate surface area is 107 Å². The van der Waals surface area contributed by atoms with E-state index >= 15 is 0 Å². The van der Waals surface area contributed by atoms with Crippen LogP contribution in [0.15, 0.2) is 41.3 Å². The number of hydrogen-bond acceptors (Lipinski definition) is 5. The average Bonchev–Trinajstić information content (AvgIpc) is 3.03. The van der Waals surface area contributed by atoms with Gasteiger partial charge in [-0.15, -0.1) is 0 Å². The Bertz CT molecular complexity index is 686. The molecule has 0 amide bonds. The molecule has 0 saturated carbocycles. The first-order valence-electron chi connectivity index (χ1n) is 5.30. The van der Waals surface area contributed by atoms with Crippen molar-refractivity contribution in [3.8, 4) is 11.4 Å². The van der Waals surface area contributed by atoms with Crippen LogP contribution in [0.5, 0.6) is 0 Å². The van der Waals surface area contributed by atoms with Crippen LogP contribution in [0.1, 0.15) is 5.76 Å². The lowest BCUT2D eigenvalue weighted by molar-refractivity contribution is 0.376. The zero-order chi connectivity index (χ0) is 12.4. The van der Waals surface area contributed by atoms with E-state index in [2.05, 4.69) is 20.3 Å². The predicted octanol–water partition coefficient (Wildman–Crippen LogP) is 2.04. The molecule has 0 aliphatic heterocycles. The van der Waals surface area contributed by atoms with Crippen LogP contribution in [0.3, 0.4) is 0 Å². The van der Waals surface area contributed by atoms with Crippen molar-refractivity contribution in [2.45, 2.75) is 6.54 Å². The molecule has 0 spiro atoms. The molecule has 3 aromatic heterocycles. The average molecular weight is 259 g/mol. The summed E-state index contributed by atoms with van der Waals surface area (Å²) >= 11 is 5.21. The van der Waals surface area contributed by atoms with Gasteiger partial charge in [0.05, 0.1) is 12.7 Å². The van der Waals surface area contributed by atoms with Crippen LogP contribution in [-0.2, 0) is 6.54 Å². The second kappa shape index (κ2) is 4.53. The van der Waals surface area contributed by atoms with Crippen molar-refractivity contribution in [1.29, 1.82) is 0 Å². The van der Waals surface area contributed by atoms with Gasteiger partial charge >= 0.3 is 0 Å². The molecule has 0 aliphatic rings. The summed E-state index contributed by atoms with van der Waals surface area (Å²) in [5.74, 6) is 1.47. The summed E-state index contributed by atoms with van der Waals surface area (Å²) in [6.45, 7) is 0.493. The first-order valence-corrected chi connectivity index (χ1v) is 5.70. The van der Waals surface area contributed by atoms with Crippen LogP contribution in [-0.4, -0.2) is 24.9 Å². The number of rotatable bonds is 3. The fourth-order valence-corrected chi connectivity index (χ4v) is 1.86. The van der Waals surface area contributed by atoms with Crippen molar-refractivity contribution in [1.82, 2.24) is 24.9 Å². The van der Waals surface area contributed by atoms with E-state index in [1.54, 1.807) is 24.7 Å². The minimum absolute atomic E-state index is 0.493. The second-order valence-electron chi connectivity index (χ2n) is 3.65. The Balaban J connectivity index is 2.04. The zero-order valence-electron chi connectivity index (χ0n) is 9.28. The van der Waals surface area contributed by atoms with Crippen LogP contribution in [0, 0.1) is 4.77 Å². The molecule has 0 atom stereocenters. The highest BCUT2D eigenvalue weighted by molar-refractivity contribution is 7.71. The highest BCUT2D eigenvalue weighted by Crippen LogP contribution is 2.17. The van der Waals surface area contributed by atoms with Crippen molar-refractivity contribution in [2.75, 3.05) is 0 Å². The standard InChI is InChI=1S/C11H9N5OS/c18-11-15-14-10(8-1-4-12-5-2-8)16(11)7-9-3-6-13-17-9/h1-6H,7H2,(H,15,18). The van der Waals surface area contributed by atoms with Gasteiger partial charge in [-0.2, -0.15) is 5.10 Å². The summed E-state index contributed by atoms with van der Waals surface area (Å²) in [6.07, 6.45) is 5.03. The van der Waals surface area contributed by atoms with Crippen LogP contribution < -0.4 is 0 Å². The van der Waals surface area contributed by atoms with E-state index in [0.29, 0.717) is 11.3 Å². The third-order valence-electron chi connectivity index (χ3n) is 2.50. The van der Waals surface area contributed by atoms with Gasteiger partial charge in [0.25, 0.3) is 0 Å². The topological polar surface area (TPSA) is 72.5 Å². The van der Waals surface area contributed by atoms with E-state index in [9.17, 15) is 0 Å². The summed E-state index contributed by atoms with van der Waals surface area (Å²) < 4.78 is 7.47. The minimum atomic E-state index is 0.493. The second-order valence-corrected chi connectivity index (χ2v) is 4.04. The molecule has 3 rings (SSSR count). The van der Waals surface area contributed by atoms with Gasteiger partial charge in [-0.3, -0.25) is 14.6 Å². The van der Waals surface area contributed by atoms with E-state index in [4.69, 9.17) is 16.7 Å². The number of H-pyrrole nitrogens is 1. The monoisotopic (exact) mass is 259 g/mol. The molecule has 18 heavy (non-hydrogen) atoms. The zero-order valence-corrected chi connectivity index (χ0v) is 10.1. The lowest BCUT2D eigenvalue weighted by Crippen LogP contribution is -2.01. The SMILES string of the molecule is S=c1[nH]nc(-c2ccncc2)n1Cc1ccno1. The third kappa shape index (κ3) is 1.95. The van der Waals surface area contributed by atoms with Gasteiger partial charge in [-0.05, 0) is 24.4 Å². The van der Waals surface area contributed by atoms with Gasteiger partial charge in [-0.1, -0.05) is 5.16 Å². The predicted molar refractivity (Wildman–Crippen MR) is 66.2 cm³/mol. The van der Waals surface area contributed by atoms with E-state index in [1.807, 2.05) is 16.7 Å². The van der Waals surface area contributed by atoms with Gasteiger partial charge in [0.2, 0.25) is 0 Å². The van der Waals surface area contributed by atoms with E-state index < -0.39 is 0 Å². The summed E-state index contributed by atoms with van der Waals surface area (Å²) in [6, 6.07) is 5.55. The van der Waals surface area contributed by atoms with E-state index in [1.165, 1.54) is 0 Å². The minimum Gasteiger partial charge on any atom is -0.359 e. The number of pyridine rings is 1. The Morgan fingerprint density at radius 3 is 2.78 bits per heavy atom. The number of aromatic nitrogens is 5. The van der Waals surface area contributed by atoms with E-state index in [-0.39, 0.29) is 0 Å². The summed E-state index contributed by atoms with van der Waals surface area (Å²) in [5.41, 5.74) is 0.942. The lowest BCUT2D eigenvalue weighted by Gasteiger charge is -2.03. The fourth-order valence-electron chi connectivity index (χ4n) is 1.67. The molecule has 0 radical (unpaired) electrons. The molecule has 0 unspecified atom stereocenters. The third-order valence-corrected chi connectivity index (χ3v) is 2.81. The molecule has 0 aromatic carbocycles. The van der Waals surface area contributed by atoms with Crippen molar-refractivity contribution in [3.63, 3.8) is 0 Å². The largest absolute Gasteiger partial charge is 0.359 e. The maximum absolute atomic E-state index is 5.21. The quantitative estimate of drug-likeness (QED) is 0.729. The van der Waals surface area contributed by atoms with Crippen molar-refractivity contribution in [3.05, 3.63) is 47.3 Å². The fraction of sp³-hybridized carbons (Fsp3) is 0.0909. The normalized spacial score (nSPS) is 10.7. The molecule has 0 fully saturated rings. The Hall–Kier alpha value is -2.28. The molecule has 0 aliphatic carbocycles. The molecular formula is C11H9N5OS. The summed E-state index contributed by atoms with van der Waals surface area (Å²) in [4.78, 5) is 3.98. The van der Waals surface area contributed by atoms with E-state index in [0.717, 1.165) is 17.1 Å². The maximum atomic E-state index is 5.21. The summed E-state index contributed by atoms with van der Waals surface area (Å²) in [7, 11) is 0. The lowest BCUT2D eigenvalue weighted by atomic mass is 10.2. The first-order chi connectivity index (χ1) is 8.84. The van der Waals surface area contributed by atoms with Crippen molar-refractivity contribution >= 4 is 12.2 Å². The molecule has 7 heteroatoms. The molecule has 6 nitrogen and oxygen atoms in total. The van der Waals surface area contributed by atoms with Crippen LogP contribution in [0.25, 0.3) is 11.4 Å². The Morgan fingerprint density at radius 2 is 2.06 bits per heavy atom.